The third-order valence-corrected chi connectivity index (χ3v) is 4.83. The highest BCUT2D eigenvalue weighted by Crippen LogP contribution is 2.19. The molecule has 2 aromatic carbocycles. The number of halogens is 1. The smallest absolute Gasteiger partial charge is 0.119 e. The quantitative estimate of drug-likeness (QED) is 0.318. The zero-order valence-corrected chi connectivity index (χ0v) is 16.0. The molecule has 0 saturated carbocycles. The van der Waals surface area contributed by atoms with Gasteiger partial charge in [-0.15, -0.1) is 0 Å². The number of aromatic nitrogens is 1. The van der Waals surface area contributed by atoms with E-state index in [1.165, 1.54) is 35.7 Å². The van der Waals surface area contributed by atoms with Crippen molar-refractivity contribution in [2.45, 2.75) is 32.2 Å². The van der Waals surface area contributed by atoms with Gasteiger partial charge in [0.1, 0.15) is 5.75 Å². The predicted octanol–water partition coefficient (Wildman–Crippen LogP) is 6.11. The monoisotopic (exact) mass is 400 g/mol. The first-order chi connectivity index (χ1) is 12.3. The fraction of sp³-hybridized carbons (Fsp3) is 0.333. The van der Waals surface area contributed by atoms with Gasteiger partial charge in [-0.3, -0.25) is 0 Å². The molecule has 0 amide bonds. The fourth-order valence-electron chi connectivity index (χ4n) is 2.81. The van der Waals surface area contributed by atoms with E-state index in [1.54, 1.807) is 0 Å². The summed E-state index contributed by atoms with van der Waals surface area (Å²) in [5.41, 5.74) is 3.55. The number of unbranched alkanes of at least 4 members (excludes halogenated alkanes) is 3. The molecule has 1 aromatic heterocycles. The number of ether oxygens (including phenoxy) is 1. The number of anilines is 1. The van der Waals surface area contributed by atoms with Crippen LogP contribution in [0.5, 0.6) is 5.75 Å². The molecule has 132 valence electrons. The van der Waals surface area contributed by atoms with Gasteiger partial charge in [0.25, 0.3) is 0 Å². The van der Waals surface area contributed by atoms with E-state index >= 15 is 0 Å². The van der Waals surface area contributed by atoms with E-state index in [9.17, 15) is 0 Å². The Balaban J connectivity index is 1.42. The van der Waals surface area contributed by atoms with Crippen LogP contribution in [0.1, 0.15) is 31.2 Å². The summed E-state index contributed by atoms with van der Waals surface area (Å²) in [6, 6.07) is 16.8. The van der Waals surface area contributed by atoms with Gasteiger partial charge in [0.05, 0.1) is 6.61 Å². The van der Waals surface area contributed by atoms with E-state index in [0.29, 0.717) is 0 Å². The van der Waals surface area contributed by atoms with Crippen molar-refractivity contribution in [3.05, 3.63) is 60.3 Å². The molecule has 1 heterocycles. The first-order valence-corrected chi connectivity index (χ1v) is 10.1. The van der Waals surface area contributed by atoms with Crippen LogP contribution >= 0.6 is 15.9 Å². The Morgan fingerprint density at radius 3 is 2.60 bits per heavy atom. The molecule has 0 fully saturated rings. The lowest BCUT2D eigenvalue weighted by molar-refractivity contribution is 0.305. The zero-order valence-electron chi connectivity index (χ0n) is 14.4. The van der Waals surface area contributed by atoms with Crippen LogP contribution in [0.3, 0.4) is 0 Å². The second-order valence-electron chi connectivity index (χ2n) is 6.23. The van der Waals surface area contributed by atoms with Gasteiger partial charge >= 0.3 is 0 Å². The maximum Gasteiger partial charge on any atom is 0.119 e. The third kappa shape index (κ3) is 5.53. The molecular formula is C21H25BrN2O. The number of hydrogen-bond acceptors (Lipinski definition) is 2. The summed E-state index contributed by atoms with van der Waals surface area (Å²) in [7, 11) is 0. The van der Waals surface area contributed by atoms with Gasteiger partial charge in [0.2, 0.25) is 0 Å². The van der Waals surface area contributed by atoms with E-state index in [1.807, 2.05) is 6.20 Å². The van der Waals surface area contributed by atoms with Gasteiger partial charge < -0.3 is 15.0 Å². The number of benzene rings is 2. The van der Waals surface area contributed by atoms with Crippen LogP contribution in [0.15, 0.2) is 54.7 Å². The number of H-pyrrole nitrogens is 1. The number of hydrogen-bond donors (Lipinski definition) is 2. The highest BCUT2D eigenvalue weighted by Gasteiger charge is 1.99. The largest absolute Gasteiger partial charge is 0.494 e. The van der Waals surface area contributed by atoms with Crippen molar-refractivity contribution in [3.63, 3.8) is 0 Å². The van der Waals surface area contributed by atoms with Crippen LogP contribution in [0.4, 0.5) is 5.69 Å². The van der Waals surface area contributed by atoms with Crippen molar-refractivity contribution in [1.82, 2.24) is 4.98 Å². The standard InChI is InChI=1S/C21H25BrN2O/c22-12-3-1-2-4-14-25-20-8-5-17(6-9-20)16-24-19-7-10-21-18(15-19)11-13-23-21/h5-11,13,15,23-24H,1-4,12,14,16H2. The average molecular weight is 401 g/mol. The molecular weight excluding hydrogens is 376 g/mol. The molecule has 3 rings (SSSR count). The maximum absolute atomic E-state index is 5.81. The lowest BCUT2D eigenvalue weighted by atomic mass is 10.2. The van der Waals surface area contributed by atoms with Crippen molar-refractivity contribution >= 4 is 32.5 Å². The molecule has 0 spiro atoms. The van der Waals surface area contributed by atoms with Crippen LogP contribution in [-0.4, -0.2) is 16.9 Å². The molecule has 0 radical (unpaired) electrons. The molecule has 0 aliphatic carbocycles. The SMILES string of the molecule is BrCCCCCCOc1ccc(CNc2ccc3[nH]ccc3c2)cc1. The molecule has 0 aliphatic heterocycles. The number of rotatable bonds is 10. The van der Waals surface area contributed by atoms with E-state index in [4.69, 9.17) is 4.74 Å². The Hall–Kier alpha value is -1.94. The second kappa shape index (κ2) is 9.52. The summed E-state index contributed by atoms with van der Waals surface area (Å²) < 4.78 is 5.81. The zero-order chi connectivity index (χ0) is 17.3. The summed E-state index contributed by atoms with van der Waals surface area (Å²) in [5.74, 6) is 0.956. The van der Waals surface area contributed by atoms with Gasteiger partial charge in [-0.05, 0) is 54.8 Å². The minimum absolute atomic E-state index is 0.802. The number of alkyl halides is 1. The van der Waals surface area contributed by atoms with Crippen LogP contribution in [0, 0.1) is 0 Å². The van der Waals surface area contributed by atoms with Crippen LogP contribution in [0.25, 0.3) is 10.9 Å². The molecule has 0 bridgehead atoms. The normalized spacial score (nSPS) is 10.9. The lowest BCUT2D eigenvalue weighted by Crippen LogP contribution is -2.00. The fourth-order valence-corrected chi connectivity index (χ4v) is 3.21. The van der Waals surface area contributed by atoms with Crippen LogP contribution in [0.2, 0.25) is 0 Å². The first-order valence-electron chi connectivity index (χ1n) is 8.94. The maximum atomic E-state index is 5.81. The number of fused-ring (bicyclic) bond motifs is 1. The Morgan fingerprint density at radius 1 is 0.920 bits per heavy atom. The molecule has 4 heteroatoms. The lowest BCUT2D eigenvalue weighted by Gasteiger charge is -2.09. The summed E-state index contributed by atoms with van der Waals surface area (Å²) >= 11 is 3.46. The molecule has 0 atom stereocenters. The Kier molecular flexibility index (Phi) is 6.80. The molecule has 3 aromatic rings. The molecule has 0 aliphatic rings. The highest BCUT2D eigenvalue weighted by molar-refractivity contribution is 9.09. The Labute approximate surface area is 157 Å². The van der Waals surface area contributed by atoms with E-state index in [2.05, 4.69) is 74.8 Å². The van der Waals surface area contributed by atoms with Gasteiger partial charge in [0.15, 0.2) is 0 Å². The summed E-state index contributed by atoms with van der Waals surface area (Å²) in [6.07, 6.45) is 6.85. The van der Waals surface area contributed by atoms with Crippen molar-refractivity contribution in [3.8, 4) is 5.75 Å². The van der Waals surface area contributed by atoms with Crippen LogP contribution < -0.4 is 10.1 Å². The predicted molar refractivity (Wildman–Crippen MR) is 110 cm³/mol. The van der Waals surface area contributed by atoms with E-state index in [-0.39, 0.29) is 0 Å². The van der Waals surface area contributed by atoms with Gasteiger partial charge in [-0.25, -0.2) is 0 Å². The Bertz CT molecular complexity index is 767. The minimum Gasteiger partial charge on any atom is -0.494 e. The molecule has 3 nitrogen and oxygen atoms in total. The molecule has 0 unspecified atom stereocenters. The Morgan fingerprint density at radius 2 is 1.76 bits per heavy atom. The van der Waals surface area contributed by atoms with Crippen LogP contribution in [-0.2, 0) is 6.54 Å². The molecule has 25 heavy (non-hydrogen) atoms. The van der Waals surface area contributed by atoms with E-state index in [0.717, 1.165) is 36.3 Å². The van der Waals surface area contributed by atoms with E-state index < -0.39 is 0 Å². The summed E-state index contributed by atoms with van der Waals surface area (Å²) in [5, 5.41) is 5.80. The third-order valence-electron chi connectivity index (χ3n) is 4.27. The second-order valence-corrected chi connectivity index (χ2v) is 7.02. The highest BCUT2D eigenvalue weighted by atomic mass is 79.9. The first kappa shape index (κ1) is 17.9. The van der Waals surface area contributed by atoms with Crippen molar-refractivity contribution in [1.29, 1.82) is 0 Å². The summed E-state index contributed by atoms with van der Waals surface area (Å²) in [4.78, 5) is 3.21. The molecule has 0 saturated heterocycles. The van der Waals surface area contributed by atoms with Crippen molar-refractivity contribution < 1.29 is 4.74 Å². The van der Waals surface area contributed by atoms with Crippen molar-refractivity contribution in [2.24, 2.45) is 0 Å². The number of nitrogens with one attached hydrogen (secondary N) is 2. The topological polar surface area (TPSA) is 37.0 Å². The van der Waals surface area contributed by atoms with Gasteiger partial charge in [-0.1, -0.05) is 40.9 Å². The number of aromatic amines is 1. The average Bonchev–Trinajstić information content (AvgIpc) is 3.11. The molecule has 2 N–H and O–H groups in total. The van der Waals surface area contributed by atoms with Gasteiger partial charge in [-0.2, -0.15) is 0 Å². The summed E-state index contributed by atoms with van der Waals surface area (Å²) in [6.45, 7) is 1.61. The van der Waals surface area contributed by atoms with Crippen molar-refractivity contribution in [2.75, 3.05) is 17.3 Å². The minimum atomic E-state index is 0.802. The van der Waals surface area contributed by atoms with Gasteiger partial charge in [0, 0.05) is 34.7 Å².